The maximum Gasteiger partial charge on any atom is 0.176 e. The van der Waals surface area contributed by atoms with Crippen LogP contribution in [0.5, 0.6) is 11.5 Å². The maximum absolute atomic E-state index is 12.4. The predicted molar refractivity (Wildman–Crippen MR) is 155 cm³/mol. The van der Waals surface area contributed by atoms with Crippen molar-refractivity contribution in [2.75, 3.05) is 33.1 Å². The Labute approximate surface area is 233 Å². The second-order valence-corrected chi connectivity index (χ2v) is 8.96. The van der Waals surface area contributed by atoms with E-state index in [-0.39, 0.29) is 47.1 Å². The third-order valence-electron chi connectivity index (χ3n) is 5.71. The molecule has 4 aromatic rings. The lowest BCUT2D eigenvalue weighted by molar-refractivity contribution is 0.101. The highest BCUT2D eigenvalue weighted by molar-refractivity contribution is 6.32. The first kappa shape index (κ1) is 30.1. The molecular weight excluding hydrogens is 535 g/mol. The fraction of sp³-hybridized carbons (Fsp3) is 0.222. The molecule has 0 atom stereocenters. The molecule has 0 aliphatic heterocycles. The zero-order chi connectivity index (χ0) is 25.1. The molecule has 4 rings (SSSR count). The van der Waals surface area contributed by atoms with Crippen molar-refractivity contribution in [3.05, 3.63) is 70.9 Å². The Kier molecular flexibility index (Phi) is 10.5. The Balaban J connectivity index is 0.00000241. The van der Waals surface area contributed by atoms with E-state index in [4.69, 9.17) is 21.3 Å². The first-order valence-electron chi connectivity index (χ1n) is 11.1. The van der Waals surface area contributed by atoms with Crippen LogP contribution in [0.2, 0.25) is 5.02 Å². The molecule has 0 unspecified atom stereocenters. The van der Waals surface area contributed by atoms with Gasteiger partial charge in [-0.15, -0.1) is 24.8 Å². The summed E-state index contributed by atoms with van der Waals surface area (Å²) in [5.74, 6) is -0.000565. The van der Waals surface area contributed by atoms with Crippen LogP contribution in [0.1, 0.15) is 22.8 Å². The predicted octanol–water partition coefficient (Wildman–Crippen LogP) is 6.56. The van der Waals surface area contributed by atoms with Crippen molar-refractivity contribution in [2.45, 2.75) is 13.3 Å². The van der Waals surface area contributed by atoms with Gasteiger partial charge in [0, 0.05) is 24.0 Å². The summed E-state index contributed by atoms with van der Waals surface area (Å²) in [6.07, 6.45) is 2.52. The van der Waals surface area contributed by atoms with Crippen molar-refractivity contribution in [3.63, 3.8) is 0 Å². The number of aromatic hydroxyl groups is 1. The number of methoxy groups -OCH3 is 1. The highest BCUT2D eigenvalue weighted by Crippen LogP contribution is 2.39. The number of phenolic OH excluding ortho intramolecular Hbond substituents is 1. The van der Waals surface area contributed by atoms with Gasteiger partial charge < -0.3 is 20.1 Å². The number of phenols is 1. The number of halogens is 3. The van der Waals surface area contributed by atoms with Gasteiger partial charge >= 0.3 is 0 Å². The van der Waals surface area contributed by atoms with E-state index in [9.17, 15) is 9.90 Å². The Morgan fingerprint density at radius 2 is 1.81 bits per heavy atom. The van der Waals surface area contributed by atoms with Crippen molar-refractivity contribution >= 4 is 64.6 Å². The molecule has 2 N–H and O–H groups in total. The third-order valence-corrected chi connectivity index (χ3v) is 6.00. The standard InChI is InChI=1S/C27H27ClN4O3.2ClH/c1-16(33)20-15-29-23-10-9-22(18-13-21(28)27(34)24(14-18)35-4)31-26(23)25(20)30-19-7-5-17(6-8-19)11-12-32(2)3;;/h5-10,13-15,34H,11-12H2,1-4H3,(H,29,30);2*1H. The molecule has 37 heavy (non-hydrogen) atoms. The number of benzene rings is 2. The van der Waals surface area contributed by atoms with E-state index in [1.54, 1.807) is 18.3 Å². The molecule has 0 aliphatic rings. The zero-order valence-corrected chi connectivity index (χ0v) is 23.3. The van der Waals surface area contributed by atoms with Crippen LogP contribution in [0.25, 0.3) is 22.3 Å². The van der Waals surface area contributed by atoms with Crippen LogP contribution < -0.4 is 10.1 Å². The fourth-order valence-electron chi connectivity index (χ4n) is 3.75. The number of nitrogens with zero attached hydrogens (tertiary/aromatic N) is 3. The van der Waals surface area contributed by atoms with E-state index in [0.29, 0.717) is 33.5 Å². The quantitative estimate of drug-likeness (QED) is 0.235. The van der Waals surface area contributed by atoms with Gasteiger partial charge in [-0.3, -0.25) is 9.78 Å². The molecule has 0 amide bonds. The number of Topliss-reactive ketones (excluding diaryl/α,β-unsaturated/α-hetero) is 1. The number of pyridine rings is 2. The molecule has 10 heteroatoms. The first-order valence-corrected chi connectivity index (χ1v) is 11.5. The largest absolute Gasteiger partial charge is 0.503 e. The van der Waals surface area contributed by atoms with Gasteiger partial charge in [-0.25, -0.2) is 4.98 Å². The van der Waals surface area contributed by atoms with Crippen LogP contribution in [-0.4, -0.2) is 53.5 Å². The summed E-state index contributed by atoms with van der Waals surface area (Å²) in [6.45, 7) is 2.47. The summed E-state index contributed by atoms with van der Waals surface area (Å²) in [5, 5.41) is 13.6. The highest BCUT2D eigenvalue weighted by atomic mass is 35.5. The summed E-state index contributed by atoms with van der Waals surface area (Å²) >= 11 is 6.19. The van der Waals surface area contributed by atoms with Crippen LogP contribution in [0.4, 0.5) is 11.4 Å². The topological polar surface area (TPSA) is 87.6 Å². The molecule has 0 saturated carbocycles. The molecule has 0 saturated heterocycles. The fourth-order valence-corrected chi connectivity index (χ4v) is 3.96. The number of nitrogens with one attached hydrogen (secondary N) is 1. The van der Waals surface area contributed by atoms with Gasteiger partial charge in [0.1, 0.15) is 5.52 Å². The van der Waals surface area contributed by atoms with Crippen LogP contribution in [-0.2, 0) is 6.42 Å². The number of ether oxygens (including phenoxy) is 1. The van der Waals surface area contributed by atoms with Crippen molar-refractivity contribution < 1.29 is 14.6 Å². The molecule has 2 aromatic carbocycles. The monoisotopic (exact) mass is 562 g/mol. The first-order chi connectivity index (χ1) is 16.8. The summed E-state index contributed by atoms with van der Waals surface area (Å²) in [4.78, 5) is 23.9. The molecule has 7 nitrogen and oxygen atoms in total. The number of aromatic nitrogens is 2. The molecule has 0 bridgehead atoms. The highest BCUT2D eigenvalue weighted by Gasteiger charge is 2.17. The molecule has 2 aromatic heterocycles. The van der Waals surface area contributed by atoms with E-state index in [2.05, 4.69) is 41.4 Å². The summed E-state index contributed by atoms with van der Waals surface area (Å²) < 4.78 is 5.23. The van der Waals surface area contributed by atoms with E-state index in [1.165, 1.54) is 19.6 Å². The molecule has 0 spiro atoms. The lowest BCUT2D eigenvalue weighted by Crippen LogP contribution is -2.14. The summed E-state index contributed by atoms with van der Waals surface area (Å²) in [7, 11) is 5.56. The number of carbonyl (C=O) groups is 1. The van der Waals surface area contributed by atoms with Gasteiger partial charge in [-0.05, 0) is 69.4 Å². The van der Waals surface area contributed by atoms with Gasteiger partial charge in [0.25, 0.3) is 0 Å². The van der Waals surface area contributed by atoms with Crippen LogP contribution in [0, 0.1) is 0 Å². The third kappa shape index (κ3) is 6.81. The minimum atomic E-state index is -0.129. The van der Waals surface area contributed by atoms with Gasteiger partial charge in [0.15, 0.2) is 17.3 Å². The van der Waals surface area contributed by atoms with E-state index in [1.807, 2.05) is 24.3 Å². The number of anilines is 2. The summed E-state index contributed by atoms with van der Waals surface area (Å²) in [6, 6.07) is 15.1. The number of rotatable bonds is 8. The van der Waals surface area contributed by atoms with Crippen LogP contribution >= 0.6 is 36.4 Å². The zero-order valence-electron chi connectivity index (χ0n) is 20.9. The number of hydrogen-bond donors (Lipinski definition) is 2. The van der Waals surface area contributed by atoms with E-state index < -0.39 is 0 Å². The number of carbonyl (C=O) groups excluding carboxylic acids is 1. The lowest BCUT2D eigenvalue weighted by atomic mass is 10.1. The van der Waals surface area contributed by atoms with Crippen LogP contribution in [0.3, 0.4) is 0 Å². The van der Waals surface area contributed by atoms with E-state index >= 15 is 0 Å². The van der Waals surface area contributed by atoms with Crippen molar-refractivity contribution in [2.24, 2.45) is 0 Å². The van der Waals surface area contributed by atoms with Crippen molar-refractivity contribution in [1.29, 1.82) is 0 Å². The second-order valence-electron chi connectivity index (χ2n) is 8.55. The van der Waals surface area contributed by atoms with Crippen molar-refractivity contribution in [1.82, 2.24) is 14.9 Å². The average molecular weight is 564 g/mol. The lowest BCUT2D eigenvalue weighted by Gasteiger charge is -2.15. The Morgan fingerprint density at radius 1 is 1.11 bits per heavy atom. The van der Waals surface area contributed by atoms with Crippen molar-refractivity contribution in [3.8, 4) is 22.8 Å². The maximum atomic E-state index is 12.4. The van der Waals surface area contributed by atoms with Crippen LogP contribution in [0.15, 0.2) is 54.7 Å². The van der Waals surface area contributed by atoms with E-state index in [0.717, 1.165) is 18.7 Å². The molecule has 0 aliphatic carbocycles. The Morgan fingerprint density at radius 3 is 2.43 bits per heavy atom. The summed E-state index contributed by atoms with van der Waals surface area (Å²) in [5.41, 5.74) is 5.56. The number of fused-ring (bicyclic) bond motifs is 1. The number of ketones is 1. The molecule has 196 valence electrons. The normalized spacial score (nSPS) is 10.5. The Bertz CT molecular complexity index is 1400. The number of hydrogen-bond acceptors (Lipinski definition) is 7. The molecule has 0 radical (unpaired) electrons. The molecular formula is C27H29Cl3N4O3. The van der Waals surface area contributed by atoms with Gasteiger partial charge in [0.2, 0.25) is 0 Å². The smallest absolute Gasteiger partial charge is 0.176 e. The number of likely N-dealkylation sites (N-methyl/N-ethyl adjacent to an activating group) is 1. The average Bonchev–Trinajstić information content (AvgIpc) is 2.84. The minimum Gasteiger partial charge on any atom is -0.503 e. The second kappa shape index (κ2) is 12.9. The SMILES string of the molecule is COc1cc(-c2ccc3ncc(C(C)=O)c(Nc4ccc(CCN(C)C)cc4)c3n2)cc(Cl)c1O.Cl.Cl. The van der Waals surface area contributed by atoms with Gasteiger partial charge in [-0.1, -0.05) is 23.7 Å². The minimum absolute atomic E-state index is 0. The van der Waals surface area contributed by atoms with Gasteiger partial charge in [0.05, 0.1) is 34.6 Å². The molecule has 2 heterocycles. The van der Waals surface area contributed by atoms with Gasteiger partial charge in [-0.2, -0.15) is 0 Å². The Hall–Kier alpha value is -3.10. The molecule has 0 fully saturated rings.